The smallest absolute Gasteiger partial charge is 0.295 e. The molecule has 0 aliphatic rings. The molecule has 0 spiro atoms. The first-order chi connectivity index (χ1) is 19.5. The van der Waals surface area contributed by atoms with E-state index in [9.17, 15) is 4.79 Å². The predicted octanol–water partition coefficient (Wildman–Crippen LogP) is 7.49. The summed E-state index contributed by atoms with van der Waals surface area (Å²) in [5.41, 5.74) is 8.74. The highest BCUT2D eigenvalue weighted by molar-refractivity contribution is 5.88. The number of fused-ring (bicyclic) bond motifs is 2. The van der Waals surface area contributed by atoms with Gasteiger partial charge >= 0.3 is 5.69 Å². The Morgan fingerprint density at radius 3 is 1.85 bits per heavy atom. The quantitative estimate of drug-likeness (QED) is 0.243. The maximum Gasteiger partial charge on any atom is 0.328 e. The third kappa shape index (κ3) is 4.09. The van der Waals surface area contributed by atoms with Crippen molar-refractivity contribution < 1.29 is 0 Å². The van der Waals surface area contributed by atoms with Gasteiger partial charge in [0.2, 0.25) is 0 Å². The van der Waals surface area contributed by atoms with E-state index in [0.29, 0.717) is 5.82 Å². The molecule has 5 nitrogen and oxygen atoms in total. The average molecular weight is 519 g/mol. The second-order valence-electron chi connectivity index (χ2n) is 10.1. The molecule has 0 amide bonds. The third-order valence-electron chi connectivity index (χ3n) is 7.59. The van der Waals surface area contributed by atoms with Crippen LogP contribution in [0.2, 0.25) is 0 Å². The molecule has 0 saturated heterocycles. The van der Waals surface area contributed by atoms with Crippen LogP contribution in [0.3, 0.4) is 0 Å². The van der Waals surface area contributed by atoms with Crippen LogP contribution in [-0.2, 0) is 14.1 Å². The molecule has 0 N–H and O–H groups in total. The Hall–Kier alpha value is -5.29. The Morgan fingerprint density at radius 1 is 0.475 bits per heavy atom. The molecule has 7 rings (SSSR count). The van der Waals surface area contributed by atoms with Gasteiger partial charge < -0.3 is 0 Å². The summed E-state index contributed by atoms with van der Waals surface area (Å²) in [7, 11) is 3.61. The second-order valence-corrected chi connectivity index (χ2v) is 10.1. The number of aryl methyl sites for hydroxylation is 2. The van der Waals surface area contributed by atoms with Crippen molar-refractivity contribution in [2.75, 3.05) is 0 Å². The van der Waals surface area contributed by atoms with Crippen LogP contribution in [0.25, 0.3) is 66.8 Å². The first-order valence-electron chi connectivity index (χ1n) is 13.3. The maximum atomic E-state index is 12.4. The lowest BCUT2D eigenvalue weighted by molar-refractivity contribution is 0.795. The van der Waals surface area contributed by atoms with E-state index in [4.69, 9.17) is 9.97 Å². The molecule has 5 heteroatoms. The lowest BCUT2D eigenvalue weighted by Crippen LogP contribution is -2.19. The summed E-state index contributed by atoms with van der Waals surface area (Å²) in [5.74, 6) is 0.695. The minimum absolute atomic E-state index is 0.0253. The topological polar surface area (TPSA) is 52.7 Å². The van der Waals surface area contributed by atoms with Crippen LogP contribution in [0.5, 0.6) is 0 Å². The number of hydrogen-bond donors (Lipinski definition) is 0. The fraction of sp³-hybridized carbons (Fsp3) is 0.0571. The van der Waals surface area contributed by atoms with Crippen LogP contribution in [0, 0.1) is 0 Å². The number of benzene rings is 5. The lowest BCUT2D eigenvalue weighted by atomic mass is 10.0. The monoisotopic (exact) mass is 518 g/mol. The maximum absolute atomic E-state index is 12.4. The number of nitrogens with zero attached hydrogens (tertiary/aromatic N) is 4. The van der Waals surface area contributed by atoms with E-state index in [1.165, 1.54) is 10.8 Å². The molecule has 2 heterocycles. The summed E-state index contributed by atoms with van der Waals surface area (Å²) in [5, 5.41) is 2.38. The molecule has 0 atom stereocenters. The summed E-state index contributed by atoms with van der Waals surface area (Å²) < 4.78 is 3.36. The van der Waals surface area contributed by atoms with Gasteiger partial charge in [-0.2, -0.15) is 0 Å². The lowest BCUT2D eigenvalue weighted by Gasteiger charge is -2.11. The van der Waals surface area contributed by atoms with Gasteiger partial charge in [-0.3, -0.25) is 9.13 Å². The standard InChI is InChI=1S/C35H26N4O/c1-38-32-19-18-28(21-33(32)39(2)35(38)40)24-12-15-25(16-13-24)30-22-31(37-34(36-30)26-9-4-3-5-10-26)29-17-14-23-8-6-7-11-27(23)20-29/h3-22H,1-2H3. The molecule has 40 heavy (non-hydrogen) atoms. The second kappa shape index (κ2) is 9.47. The molecular weight excluding hydrogens is 492 g/mol. The van der Waals surface area contributed by atoms with Gasteiger partial charge in [0, 0.05) is 30.8 Å². The molecule has 0 fully saturated rings. The van der Waals surface area contributed by atoms with E-state index < -0.39 is 0 Å². The van der Waals surface area contributed by atoms with E-state index in [-0.39, 0.29) is 5.69 Å². The van der Waals surface area contributed by atoms with Gasteiger partial charge in [-0.1, -0.05) is 97.1 Å². The van der Waals surface area contributed by atoms with Crippen molar-refractivity contribution in [3.63, 3.8) is 0 Å². The van der Waals surface area contributed by atoms with Gasteiger partial charge in [0.15, 0.2) is 5.82 Å². The molecular formula is C35H26N4O. The minimum atomic E-state index is -0.0253. The zero-order valence-corrected chi connectivity index (χ0v) is 22.2. The van der Waals surface area contributed by atoms with Gasteiger partial charge in [0.25, 0.3) is 0 Å². The van der Waals surface area contributed by atoms with Crippen molar-refractivity contribution in [3.8, 4) is 45.0 Å². The Balaban J connectivity index is 1.32. The Bertz CT molecular complexity index is 2090. The Morgan fingerprint density at radius 2 is 1.07 bits per heavy atom. The Kier molecular flexibility index (Phi) is 5.64. The van der Waals surface area contributed by atoms with Crippen LogP contribution >= 0.6 is 0 Å². The highest BCUT2D eigenvalue weighted by Gasteiger charge is 2.13. The van der Waals surface area contributed by atoms with E-state index in [2.05, 4.69) is 84.9 Å². The Labute approximate surface area is 231 Å². The highest BCUT2D eigenvalue weighted by atomic mass is 16.1. The van der Waals surface area contributed by atoms with E-state index >= 15 is 0 Å². The largest absolute Gasteiger partial charge is 0.328 e. The molecule has 0 unspecified atom stereocenters. The van der Waals surface area contributed by atoms with Crippen molar-refractivity contribution in [1.82, 2.24) is 19.1 Å². The summed E-state index contributed by atoms with van der Waals surface area (Å²) in [4.78, 5) is 22.3. The zero-order valence-electron chi connectivity index (χ0n) is 22.2. The average Bonchev–Trinajstić information content (AvgIpc) is 3.24. The van der Waals surface area contributed by atoms with Crippen molar-refractivity contribution in [3.05, 3.63) is 132 Å². The van der Waals surface area contributed by atoms with Gasteiger partial charge in [0.1, 0.15) is 0 Å². The van der Waals surface area contributed by atoms with Gasteiger partial charge in [-0.05, 0) is 46.2 Å². The molecule has 7 aromatic rings. The van der Waals surface area contributed by atoms with Crippen molar-refractivity contribution in [2.24, 2.45) is 14.1 Å². The molecule has 0 bridgehead atoms. The van der Waals surface area contributed by atoms with Crippen LogP contribution < -0.4 is 5.69 Å². The van der Waals surface area contributed by atoms with E-state index in [0.717, 1.165) is 50.2 Å². The van der Waals surface area contributed by atoms with Crippen LogP contribution in [0.1, 0.15) is 0 Å². The van der Waals surface area contributed by atoms with Crippen molar-refractivity contribution in [1.29, 1.82) is 0 Å². The highest BCUT2D eigenvalue weighted by Crippen LogP contribution is 2.31. The first-order valence-corrected chi connectivity index (χ1v) is 13.3. The summed E-state index contributed by atoms with van der Waals surface area (Å²) in [6.07, 6.45) is 0. The van der Waals surface area contributed by atoms with Gasteiger partial charge in [-0.25, -0.2) is 14.8 Å². The van der Waals surface area contributed by atoms with Crippen LogP contribution in [-0.4, -0.2) is 19.1 Å². The third-order valence-corrected chi connectivity index (χ3v) is 7.59. The molecule has 0 saturated carbocycles. The molecule has 0 aliphatic heterocycles. The summed E-state index contributed by atoms with van der Waals surface area (Å²) in [6.45, 7) is 0. The fourth-order valence-corrected chi connectivity index (χ4v) is 5.33. The summed E-state index contributed by atoms with van der Waals surface area (Å²) >= 11 is 0. The molecule has 5 aromatic carbocycles. The first kappa shape index (κ1) is 23.8. The molecule has 0 radical (unpaired) electrons. The van der Waals surface area contributed by atoms with E-state index in [1.54, 1.807) is 16.2 Å². The normalized spacial score (nSPS) is 11.3. The molecule has 2 aromatic heterocycles. The molecule has 192 valence electrons. The number of rotatable bonds is 4. The number of imidazole rings is 1. The van der Waals surface area contributed by atoms with Crippen molar-refractivity contribution in [2.45, 2.75) is 0 Å². The zero-order chi connectivity index (χ0) is 27.2. The summed E-state index contributed by atoms with van der Waals surface area (Å²) in [6, 6.07) is 41.5. The van der Waals surface area contributed by atoms with Gasteiger partial charge in [-0.15, -0.1) is 0 Å². The fourth-order valence-electron chi connectivity index (χ4n) is 5.33. The van der Waals surface area contributed by atoms with Crippen LogP contribution in [0.4, 0.5) is 0 Å². The van der Waals surface area contributed by atoms with Crippen LogP contribution in [0.15, 0.2) is 126 Å². The molecule has 0 aliphatic carbocycles. The SMILES string of the molecule is Cn1c(=O)n(C)c2cc(-c3ccc(-c4cc(-c5ccc6ccccc6c5)nc(-c5ccccc5)n4)cc3)ccc21. The van der Waals surface area contributed by atoms with Gasteiger partial charge in [0.05, 0.1) is 22.4 Å². The van der Waals surface area contributed by atoms with E-state index in [1.807, 2.05) is 43.4 Å². The van der Waals surface area contributed by atoms with Crippen molar-refractivity contribution >= 4 is 21.8 Å². The predicted molar refractivity (Wildman–Crippen MR) is 163 cm³/mol. The minimum Gasteiger partial charge on any atom is -0.295 e. The number of aromatic nitrogens is 4. The number of hydrogen-bond acceptors (Lipinski definition) is 3.